The predicted molar refractivity (Wildman–Crippen MR) is 125 cm³/mol. The van der Waals surface area contributed by atoms with Gasteiger partial charge in [0.15, 0.2) is 0 Å². The molecule has 2 amide bonds. The van der Waals surface area contributed by atoms with E-state index in [0.29, 0.717) is 12.1 Å². The van der Waals surface area contributed by atoms with E-state index in [4.69, 9.17) is 15.4 Å². The third-order valence-electron chi connectivity index (χ3n) is 5.44. The zero-order valence-electron chi connectivity index (χ0n) is 17.7. The van der Waals surface area contributed by atoms with E-state index in [-0.39, 0.29) is 17.0 Å². The molecule has 0 bridgehead atoms. The molecule has 2 atom stereocenters. The number of amides is 2. The molecule has 10 heteroatoms. The van der Waals surface area contributed by atoms with Crippen LogP contribution in [0.5, 0.6) is 0 Å². The lowest BCUT2D eigenvalue weighted by Gasteiger charge is -2.23. The second-order valence-corrected chi connectivity index (χ2v) is 10.3. The average Bonchev–Trinajstić information content (AvgIpc) is 3.21. The summed E-state index contributed by atoms with van der Waals surface area (Å²) >= 11 is 0. The van der Waals surface area contributed by atoms with E-state index in [1.807, 2.05) is 30.3 Å². The number of halogens is 2. The molecule has 3 aromatic rings. The zero-order valence-corrected chi connectivity index (χ0v) is 19.3. The molecule has 7 nitrogen and oxygen atoms in total. The Labute approximate surface area is 200 Å². The van der Waals surface area contributed by atoms with Gasteiger partial charge in [0.2, 0.25) is 0 Å². The van der Waals surface area contributed by atoms with E-state index in [1.165, 1.54) is 53.4 Å². The summed E-state index contributed by atoms with van der Waals surface area (Å²) in [5.74, 6) is -0.877. The van der Waals surface area contributed by atoms with Crippen LogP contribution in [-0.2, 0) is 20.2 Å². The van der Waals surface area contributed by atoms with Crippen LogP contribution in [0.4, 0.5) is 14.9 Å². The van der Waals surface area contributed by atoms with Crippen molar-refractivity contribution in [2.24, 2.45) is 0 Å². The van der Waals surface area contributed by atoms with E-state index < -0.39 is 39.0 Å². The monoisotopic (exact) mass is 502 g/mol. The van der Waals surface area contributed by atoms with Gasteiger partial charge in [0.05, 0.1) is 17.5 Å². The Hall–Kier alpha value is -3.43. The number of nitrogens with zero attached hydrogens (tertiary/aromatic N) is 1. The molecule has 1 N–H and O–H groups in total. The third-order valence-corrected chi connectivity index (χ3v) is 6.80. The SMILES string of the molecule is O=C(N[C@H](Cc1ccccc1)C1CN(c2ccc(S(=O)(=O)Cl)cc2)C(=O)O1)c1ccc(F)cc1. The molecule has 34 heavy (non-hydrogen) atoms. The minimum absolute atomic E-state index is 0.0875. The third kappa shape index (κ3) is 5.55. The lowest BCUT2D eigenvalue weighted by atomic mass is 10.0. The van der Waals surface area contributed by atoms with Gasteiger partial charge in [-0.3, -0.25) is 9.69 Å². The smallest absolute Gasteiger partial charge is 0.414 e. The quantitative estimate of drug-likeness (QED) is 0.491. The Morgan fingerprint density at radius 1 is 1.06 bits per heavy atom. The van der Waals surface area contributed by atoms with Gasteiger partial charge < -0.3 is 10.1 Å². The van der Waals surface area contributed by atoms with Gasteiger partial charge in [0, 0.05) is 21.9 Å². The summed E-state index contributed by atoms with van der Waals surface area (Å²) in [5, 5.41) is 2.90. The molecule has 0 aliphatic carbocycles. The van der Waals surface area contributed by atoms with Gasteiger partial charge in [-0.15, -0.1) is 0 Å². The molecule has 0 aromatic heterocycles. The predicted octanol–water partition coefficient (Wildman–Crippen LogP) is 4.12. The Bertz CT molecular complexity index is 1290. The Kier molecular flexibility index (Phi) is 6.85. The molecule has 0 radical (unpaired) electrons. The van der Waals surface area contributed by atoms with Gasteiger partial charge >= 0.3 is 6.09 Å². The first kappa shape index (κ1) is 23.7. The molecule has 3 aromatic carbocycles. The van der Waals surface area contributed by atoms with Crippen molar-refractivity contribution in [2.75, 3.05) is 11.4 Å². The number of rotatable bonds is 7. The summed E-state index contributed by atoms with van der Waals surface area (Å²) in [6, 6.07) is 19.5. The van der Waals surface area contributed by atoms with Crippen LogP contribution in [0.2, 0.25) is 0 Å². The topological polar surface area (TPSA) is 92.8 Å². The highest BCUT2D eigenvalue weighted by atomic mass is 35.7. The molecular weight excluding hydrogens is 483 g/mol. The minimum Gasteiger partial charge on any atom is -0.442 e. The summed E-state index contributed by atoms with van der Waals surface area (Å²) in [6.45, 7) is 0.132. The molecule has 1 fully saturated rings. The van der Waals surface area contributed by atoms with Crippen molar-refractivity contribution in [3.05, 3.63) is 95.8 Å². The molecule has 4 rings (SSSR count). The van der Waals surface area contributed by atoms with E-state index in [2.05, 4.69) is 5.32 Å². The van der Waals surface area contributed by atoms with E-state index >= 15 is 0 Å². The van der Waals surface area contributed by atoms with Crippen molar-refractivity contribution in [1.29, 1.82) is 0 Å². The maximum atomic E-state index is 13.2. The highest BCUT2D eigenvalue weighted by Crippen LogP contribution is 2.26. The number of cyclic esters (lactones) is 1. The molecule has 1 unspecified atom stereocenters. The Morgan fingerprint density at radius 3 is 2.32 bits per heavy atom. The maximum Gasteiger partial charge on any atom is 0.414 e. The van der Waals surface area contributed by atoms with Gasteiger partial charge in [0.1, 0.15) is 11.9 Å². The first-order valence-electron chi connectivity index (χ1n) is 10.3. The fourth-order valence-corrected chi connectivity index (χ4v) is 4.46. The van der Waals surface area contributed by atoms with Crippen molar-refractivity contribution in [3.63, 3.8) is 0 Å². The maximum absolute atomic E-state index is 13.2. The van der Waals surface area contributed by atoms with Crippen LogP contribution in [0.15, 0.2) is 83.8 Å². The standard InChI is InChI=1S/C24H20ClFN2O5S/c25-34(31,32)20-12-10-19(11-13-20)28-15-22(33-24(28)30)21(14-16-4-2-1-3-5-16)27-23(29)17-6-8-18(26)9-7-17/h1-13,21-22H,14-15H2,(H,27,29)/t21-,22?/m1/s1. The molecule has 176 valence electrons. The number of benzene rings is 3. The number of hydrogen-bond donors (Lipinski definition) is 1. The Morgan fingerprint density at radius 2 is 1.71 bits per heavy atom. The number of carbonyl (C=O) groups excluding carboxylic acids is 2. The van der Waals surface area contributed by atoms with Crippen LogP contribution >= 0.6 is 10.7 Å². The summed E-state index contributed by atoms with van der Waals surface area (Å²) in [4.78, 5) is 26.7. The van der Waals surface area contributed by atoms with Crippen molar-refractivity contribution in [3.8, 4) is 0 Å². The first-order valence-corrected chi connectivity index (χ1v) is 12.6. The van der Waals surface area contributed by atoms with Gasteiger partial charge in [-0.05, 0) is 60.5 Å². The summed E-state index contributed by atoms with van der Waals surface area (Å²) < 4.78 is 41.8. The molecular formula is C24H20ClFN2O5S. The second kappa shape index (κ2) is 9.82. The van der Waals surface area contributed by atoms with Crippen LogP contribution in [0.3, 0.4) is 0 Å². The average molecular weight is 503 g/mol. The van der Waals surface area contributed by atoms with Gasteiger partial charge in [-0.2, -0.15) is 0 Å². The van der Waals surface area contributed by atoms with Crippen molar-refractivity contribution < 1.29 is 27.1 Å². The number of nitrogens with one attached hydrogen (secondary N) is 1. The largest absolute Gasteiger partial charge is 0.442 e. The normalized spacial score (nSPS) is 16.7. The van der Waals surface area contributed by atoms with Crippen LogP contribution < -0.4 is 10.2 Å². The highest BCUT2D eigenvalue weighted by molar-refractivity contribution is 8.13. The van der Waals surface area contributed by atoms with E-state index in [1.54, 1.807) is 0 Å². The number of hydrogen-bond acceptors (Lipinski definition) is 5. The minimum atomic E-state index is -3.89. The summed E-state index contributed by atoms with van der Waals surface area (Å²) in [5.41, 5.74) is 1.64. The number of carbonyl (C=O) groups is 2. The molecule has 1 heterocycles. The van der Waals surface area contributed by atoms with E-state index in [0.717, 1.165) is 5.56 Å². The molecule has 0 saturated carbocycles. The fraction of sp³-hybridized carbons (Fsp3) is 0.167. The lowest BCUT2D eigenvalue weighted by molar-refractivity contribution is 0.0840. The summed E-state index contributed by atoms with van der Waals surface area (Å²) in [6.07, 6.45) is -0.919. The lowest BCUT2D eigenvalue weighted by Crippen LogP contribution is -2.46. The van der Waals surface area contributed by atoms with E-state index in [9.17, 15) is 22.4 Å². The van der Waals surface area contributed by atoms with Crippen molar-refractivity contribution in [2.45, 2.75) is 23.5 Å². The van der Waals surface area contributed by atoms with Crippen LogP contribution in [0, 0.1) is 5.82 Å². The van der Waals surface area contributed by atoms with Gasteiger partial charge in [-0.25, -0.2) is 17.6 Å². The second-order valence-electron chi connectivity index (χ2n) is 7.74. The van der Waals surface area contributed by atoms with Crippen LogP contribution in [0.25, 0.3) is 0 Å². The van der Waals surface area contributed by atoms with Crippen molar-refractivity contribution in [1.82, 2.24) is 5.32 Å². The molecule has 1 aliphatic heterocycles. The van der Waals surface area contributed by atoms with Crippen molar-refractivity contribution >= 4 is 37.4 Å². The van der Waals surface area contributed by atoms with Gasteiger partial charge in [-0.1, -0.05) is 30.3 Å². The number of anilines is 1. The van der Waals surface area contributed by atoms with Gasteiger partial charge in [0.25, 0.3) is 15.0 Å². The highest BCUT2D eigenvalue weighted by Gasteiger charge is 2.38. The Balaban J connectivity index is 1.55. The fourth-order valence-electron chi connectivity index (χ4n) is 3.69. The first-order chi connectivity index (χ1) is 16.2. The zero-order chi connectivity index (χ0) is 24.3. The summed E-state index contributed by atoms with van der Waals surface area (Å²) in [7, 11) is 1.46. The van der Waals surface area contributed by atoms with Crippen LogP contribution in [-0.4, -0.2) is 39.1 Å². The molecule has 1 saturated heterocycles. The van der Waals surface area contributed by atoms with Crippen LogP contribution in [0.1, 0.15) is 15.9 Å². The number of ether oxygens (including phenoxy) is 1. The molecule has 0 spiro atoms. The molecule has 1 aliphatic rings.